The largest absolute Gasteiger partial charge is 1.00 e. The number of fused-ring (bicyclic) bond motifs is 3. The van der Waals surface area contributed by atoms with Crippen LogP contribution in [0.25, 0.3) is 28.1 Å². The minimum Gasteiger partial charge on any atom is -1.00 e. The van der Waals surface area contributed by atoms with Crippen molar-refractivity contribution in [3.8, 4) is 11.3 Å². The van der Waals surface area contributed by atoms with Crippen LogP contribution in [-0.2, 0) is 6.54 Å². The number of piperazine rings is 1. The third kappa shape index (κ3) is 4.32. The molecule has 0 saturated carbocycles. The van der Waals surface area contributed by atoms with Gasteiger partial charge in [0, 0.05) is 11.2 Å². The Balaban J connectivity index is 0.00000128. The Bertz CT molecular complexity index is 1110. The highest BCUT2D eigenvalue weighted by molar-refractivity contribution is 6.30. The zero-order valence-electron chi connectivity index (χ0n) is 16.9. The molecule has 1 aliphatic rings. The van der Waals surface area contributed by atoms with Gasteiger partial charge in [0.05, 0.1) is 36.9 Å². The molecule has 2 aromatic heterocycles. The van der Waals surface area contributed by atoms with E-state index in [1.54, 1.807) is 9.80 Å². The average Bonchev–Trinajstić information content (AvgIpc) is 3.24. The predicted molar refractivity (Wildman–Crippen MR) is 113 cm³/mol. The molecule has 1 aliphatic heterocycles. The van der Waals surface area contributed by atoms with E-state index in [0.29, 0.717) is 0 Å². The van der Waals surface area contributed by atoms with E-state index >= 15 is 0 Å². The van der Waals surface area contributed by atoms with Gasteiger partial charge in [-0.05, 0) is 29.8 Å². The zero-order chi connectivity index (χ0) is 19.1. The monoisotopic (exact) mass is 465 g/mol. The molecule has 1 saturated heterocycles. The van der Waals surface area contributed by atoms with Gasteiger partial charge in [0.25, 0.3) is 0 Å². The maximum Gasteiger partial charge on any atom is 0.215 e. The van der Waals surface area contributed by atoms with Crippen molar-refractivity contribution in [1.29, 1.82) is 0 Å². The highest BCUT2D eigenvalue weighted by Crippen LogP contribution is 2.27. The van der Waals surface area contributed by atoms with Gasteiger partial charge in [-0.25, -0.2) is 4.98 Å². The summed E-state index contributed by atoms with van der Waals surface area (Å²) in [4.78, 5) is 8.28. The normalized spacial score (nSPS) is 18.9. The molecular formula is C22H26Cl3N5. The van der Waals surface area contributed by atoms with Gasteiger partial charge >= 0.3 is 0 Å². The lowest BCUT2D eigenvalue weighted by Crippen LogP contribution is -3.27. The maximum atomic E-state index is 6.12. The topological polar surface area (TPSA) is 31.1 Å². The van der Waals surface area contributed by atoms with Crippen LogP contribution < -0.4 is 34.6 Å². The number of quaternary nitrogens is 2. The number of benzene rings is 2. The number of rotatable bonds is 4. The molecule has 0 unspecified atom stereocenters. The Morgan fingerprint density at radius 2 is 1.67 bits per heavy atom. The molecule has 0 bridgehead atoms. The van der Waals surface area contributed by atoms with Crippen LogP contribution in [0.2, 0.25) is 5.02 Å². The molecule has 0 spiro atoms. The van der Waals surface area contributed by atoms with Crippen molar-refractivity contribution in [3.05, 3.63) is 59.8 Å². The Labute approximate surface area is 194 Å². The Kier molecular flexibility index (Phi) is 7.32. The number of aromatic nitrogens is 3. The predicted octanol–water partition coefficient (Wildman–Crippen LogP) is -4.97. The summed E-state index contributed by atoms with van der Waals surface area (Å²) < 4.78 is 4.60. The third-order valence-electron chi connectivity index (χ3n) is 6.00. The van der Waals surface area contributed by atoms with E-state index in [1.165, 1.54) is 37.4 Å². The molecule has 0 radical (unpaired) electrons. The second kappa shape index (κ2) is 9.58. The first-order valence-electron chi connectivity index (χ1n) is 10.1. The van der Waals surface area contributed by atoms with Crippen molar-refractivity contribution < 1.29 is 34.6 Å². The Hall–Kier alpha value is -1.76. The first-order valence-corrected chi connectivity index (χ1v) is 10.4. The van der Waals surface area contributed by atoms with Gasteiger partial charge in [-0.3, -0.25) is 4.40 Å². The summed E-state index contributed by atoms with van der Waals surface area (Å²) in [5.41, 5.74) is 4.58. The molecule has 30 heavy (non-hydrogen) atoms. The van der Waals surface area contributed by atoms with Crippen LogP contribution in [0, 0.1) is 0 Å². The summed E-state index contributed by atoms with van der Waals surface area (Å²) in [6, 6.07) is 16.5. The van der Waals surface area contributed by atoms with E-state index in [1.807, 2.05) is 12.1 Å². The van der Waals surface area contributed by atoms with E-state index in [4.69, 9.17) is 16.6 Å². The van der Waals surface area contributed by atoms with Crippen molar-refractivity contribution in [2.75, 3.05) is 39.8 Å². The number of imidazole rings is 2. The Morgan fingerprint density at radius 3 is 2.40 bits per heavy atom. The van der Waals surface area contributed by atoms with Crippen molar-refractivity contribution >= 4 is 28.4 Å². The number of likely N-dealkylation sites (N-methyl/N-ethyl adjacent to an activating group) is 1. The summed E-state index contributed by atoms with van der Waals surface area (Å²) in [6.45, 7) is 7.10. The van der Waals surface area contributed by atoms with Crippen molar-refractivity contribution in [1.82, 2.24) is 14.0 Å². The molecular weight excluding hydrogens is 441 g/mol. The van der Waals surface area contributed by atoms with Gasteiger partial charge in [-0.2, -0.15) is 0 Å². The van der Waals surface area contributed by atoms with E-state index < -0.39 is 0 Å². The van der Waals surface area contributed by atoms with Gasteiger partial charge in [0.15, 0.2) is 0 Å². The van der Waals surface area contributed by atoms with Crippen LogP contribution in [0.1, 0.15) is 0 Å². The molecule has 1 fully saturated rings. The van der Waals surface area contributed by atoms with Crippen LogP contribution >= 0.6 is 11.6 Å². The summed E-state index contributed by atoms with van der Waals surface area (Å²) in [6.07, 6.45) is 2.22. The second-order valence-corrected chi connectivity index (χ2v) is 8.34. The molecule has 5 nitrogen and oxygen atoms in total. The average molecular weight is 467 g/mol. The van der Waals surface area contributed by atoms with Crippen LogP contribution in [0.4, 0.5) is 0 Å². The van der Waals surface area contributed by atoms with Crippen LogP contribution in [-0.4, -0.2) is 53.7 Å². The minimum atomic E-state index is 0. The van der Waals surface area contributed by atoms with E-state index in [-0.39, 0.29) is 24.8 Å². The molecule has 2 aromatic carbocycles. The molecule has 8 heteroatoms. The molecule has 5 rings (SSSR count). The molecule has 3 heterocycles. The Morgan fingerprint density at radius 1 is 0.967 bits per heavy atom. The minimum absolute atomic E-state index is 0. The van der Waals surface area contributed by atoms with Crippen molar-refractivity contribution in [3.63, 3.8) is 0 Å². The molecule has 2 N–H and O–H groups in total. The van der Waals surface area contributed by atoms with E-state index in [0.717, 1.165) is 34.9 Å². The fraction of sp³-hybridized carbons (Fsp3) is 0.318. The zero-order valence-corrected chi connectivity index (χ0v) is 19.2. The smallest absolute Gasteiger partial charge is 0.215 e. The molecule has 0 atom stereocenters. The SMILES string of the molecule is C[NH+]1CC[NH+](CCn2c(-c3ccc(Cl)cc3)cn3c4ccccc4nc23)CC1.[Cl-].[Cl-]. The maximum absolute atomic E-state index is 6.12. The lowest BCUT2D eigenvalue weighted by Gasteiger charge is -2.27. The fourth-order valence-corrected chi connectivity index (χ4v) is 4.40. The van der Waals surface area contributed by atoms with Gasteiger partial charge in [-0.1, -0.05) is 35.9 Å². The van der Waals surface area contributed by atoms with E-state index in [9.17, 15) is 0 Å². The first kappa shape index (κ1) is 22.9. The molecule has 0 amide bonds. The summed E-state index contributed by atoms with van der Waals surface area (Å²) >= 11 is 6.12. The fourth-order valence-electron chi connectivity index (χ4n) is 4.27. The van der Waals surface area contributed by atoms with Gasteiger partial charge in [0.2, 0.25) is 5.78 Å². The summed E-state index contributed by atoms with van der Waals surface area (Å²) in [7, 11) is 2.29. The van der Waals surface area contributed by atoms with Crippen molar-refractivity contribution in [2.24, 2.45) is 0 Å². The van der Waals surface area contributed by atoms with Gasteiger partial charge in [-0.15, -0.1) is 0 Å². The highest BCUT2D eigenvalue weighted by Gasteiger charge is 2.21. The number of nitrogens with one attached hydrogen (secondary N) is 2. The summed E-state index contributed by atoms with van der Waals surface area (Å²) in [5, 5.41) is 0.765. The van der Waals surface area contributed by atoms with Crippen LogP contribution in [0.3, 0.4) is 0 Å². The molecule has 0 aliphatic carbocycles. The van der Waals surface area contributed by atoms with Crippen molar-refractivity contribution in [2.45, 2.75) is 6.54 Å². The van der Waals surface area contributed by atoms with Crippen LogP contribution in [0.5, 0.6) is 0 Å². The molecule has 4 aromatic rings. The van der Waals surface area contributed by atoms with Crippen LogP contribution in [0.15, 0.2) is 54.7 Å². The van der Waals surface area contributed by atoms with Gasteiger partial charge in [0.1, 0.15) is 26.2 Å². The third-order valence-corrected chi connectivity index (χ3v) is 6.25. The first-order chi connectivity index (χ1) is 13.7. The quantitative estimate of drug-likeness (QED) is 0.310. The number of hydrogen-bond acceptors (Lipinski definition) is 1. The second-order valence-electron chi connectivity index (χ2n) is 7.90. The number of hydrogen-bond donors (Lipinski definition) is 2. The number of halogens is 3. The lowest BCUT2D eigenvalue weighted by atomic mass is 10.1. The number of nitrogens with zero attached hydrogens (tertiary/aromatic N) is 3. The van der Waals surface area contributed by atoms with E-state index in [2.05, 4.69) is 58.6 Å². The molecule has 160 valence electrons. The standard InChI is InChI=1S/C22H24ClN5.2ClH/c1-25-10-12-26(13-11-25)14-15-27-21(17-6-8-18(23)9-7-17)16-28-20-5-3-2-4-19(20)24-22(27)28;;/h2-9,16H,10-15H2,1H3;2*1H. The van der Waals surface area contributed by atoms with Gasteiger partial charge < -0.3 is 39.2 Å². The lowest BCUT2D eigenvalue weighted by molar-refractivity contribution is -1.00. The number of para-hydroxylation sites is 2. The highest BCUT2D eigenvalue weighted by atomic mass is 35.5. The summed E-state index contributed by atoms with van der Waals surface area (Å²) in [5.74, 6) is 1.02.